The molecule has 0 fully saturated rings. The lowest BCUT2D eigenvalue weighted by molar-refractivity contribution is -0.133. The number of nitrogens with one attached hydrogen (secondary N) is 2. The summed E-state index contributed by atoms with van der Waals surface area (Å²) in [6.45, 7) is 0. The lowest BCUT2D eigenvalue weighted by Gasteiger charge is -2.13. The number of thiol groups is 1. The Kier molecular flexibility index (Phi) is 9.40. The molecule has 11 heteroatoms. The van der Waals surface area contributed by atoms with Crippen LogP contribution in [0.4, 0.5) is 11.4 Å². The van der Waals surface area contributed by atoms with Gasteiger partial charge in [0, 0.05) is 15.7 Å². The summed E-state index contributed by atoms with van der Waals surface area (Å²) in [7, 11) is -3.90. The summed E-state index contributed by atoms with van der Waals surface area (Å²) >= 11 is 15.2. The lowest BCUT2D eigenvalue weighted by Crippen LogP contribution is -2.18. The van der Waals surface area contributed by atoms with Crippen LogP contribution in [-0.4, -0.2) is 31.2 Å². The smallest absolute Gasteiger partial charge is 0.313 e. The van der Waals surface area contributed by atoms with Crippen LogP contribution in [0.1, 0.15) is 10.4 Å². The molecule has 0 saturated heterocycles. The summed E-state index contributed by atoms with van der Waals surface area (Å²) < 4.78 is 27.7. The van der Waals surface area contributed by atoms with Gasteiger partial charge in [-0.15, -0.1) is 0 Å². The van der Waals surface area contributed by atoms with Crippen molar-refractivity contribution in [2.45, 2.75) is 4.90 Å². The molecule has 32 heavy (non-hydrogen) atoms. The highest BCUT2D eigenvalue weighted by Gasteiger charge is 2.19. The molecule has 0 saturated carbocycles. The van der Waals surface area contributed by atoms with Crippen molar-refractivity contribution in [2.75, 3.05) is 15.8 Å². The van der Waals surface area contributed by atoms with Crippen molar-refractivity contribution < 1.29 is 23.1 Å². The molecule has 0 aliphatic carbocycles. The highest BCUT2D eigenvalue weighted by atomic mass is 35.5. The topological polar surface area (TPSA) is 113 Å². The number of carboxylic acid groups (broad SMARTS) is 1. The van der Waals surface area contributed by atoms with E-state index in [9.17, 15) is 18.0 Å². The van der Waals surface area contributed by atoms with Crippen LogP contribution in [-0.2, 0) is 14.8 Å². The highest BCUT2D eigenvalue weighted by Crippen LogP contribution is 2.25. The molecule has 0 aliphatic heterocycles. The molecule has 1 amide bonds. The number of halogens is 2. The Labute approximate surface area is 200 Å². The van der Waals surface area contributed by atoms with E-state index >= 15 is 0 Å². The number of rotatable bonds is 6. The number of carbonyl (C=O) groups is 2. The first-order chi connectivity index (χ1) is 15.1. The molecule has 3 N–H and O–H groups in total. The van der Waals surface area contributed by atoms with Crippen molar-refractivity contribution in [3.8, 4) is 0 Å². The van der Waals surface area contributed by atoms with Crippen molar-refractivity contribution in [2.24, 2.45) is 0 Å². The minimum absolute atomic E-state index is 0.0243. The molecule has 3 rings (SSSR count). The van der Waals surface area contributed by atoms with E-state index in [0.717, 1.165) is 0 Å². The van der Waals surface area contributed by atoms with Gasteiger partial charge >= 0.3 is 5.97 Å². The Hall–Kier alpha value is -2.72. The van der Waals surface area contributed by atoms with Crippen molar-refractivity contribution >= 4 is 69.1 Å². The van der Waals surface area contributed by atoms with Gasteiger partial charge in [-0.1, -0.05) is 41.4 Å². The predicted molar refractivity (Wildman–Crippen MR) is 130 cm³/mol. The maximum absolute atomic E-state index is 12.6. The molecule has 7 nitrogen and oxygen atoms in total. The number of para-hydroxylation sites is 1. The number of sulfonamides is 1. The van der Waals surface area contributed by atoms with E-state index in [4.69, 9.17) is 28.3 Å². The second-order valence-corrected chi connectivity index (χ2v) is 8.99. The van der Waals surface area contributed by atoms with E-state index in [1.54, 1.807) is 24.3 Å². The van der Waals surface area contributed by atoms with E-state index in [2.05, 4.69) is 22.7 Å². The number of aliphatic carboxylic acids is 1. The van der Waals surface area contributed by atoms with Crippen molar-refractivity contribution in [1.29, 1.82) is 0 Å². The Morgan fingerprint density at radius 1 is 0.906 bits per heavy atom. The van der Waals surface area contributed by atoms with Crippen LogP contribution in [0.3, 0.4) is 0 Å². The Bertz CT molecular complexity index is 1190. The maximum atomic E-state index is 12.6. The van der Waals surface area contributed by atoms with E-state index in [1.807, 2.05) is 6.07 Å². The fraction of sp³-hybridized carbons (Fsp3) is 0.0476. The molecule has 0 bridgehead atoms. The van der Waals surface area contributed by atoms with E-state index in [0.29, 0.717) is 15.7 Å². The normalized spacial score (nSPS) is 10.5. The SMILES string of the molecule is O=C(Nc1ccccc1)c1cc(Cl)ccc1NS(=O)(=O)c1ccc(Cl)cc1.O=C(O)CS. The molecular formula is C21H18Cl2N2O5S2. The number of carboxylic acids is 1. The standard InChI is InChI=1S/C19H14Cl2N2O3S.C2H4O2S/c20-13-6-9-16(10-7-13)27(25,26)23-18-11-8-14(21)12-17(18)19(24)22-15-4-2-1-3-5-15;3-2(4)1-5/h1-12,23H,(H,22,24);5H,1H2,(H,3,4). The zero-order valence-electron chi connectivity index (χ0n) is 16.3. The fourth-order valence-corrected chi connectivity index (χ4v) is 3.71. The average Bonchev–Trinajstić information content (AvgIpc) is 2.76. The molecule has 0 radical (unpaired) electrons. The molecule has 0 aromatic heterocycles. The van der Waals surface area contributed by atoms with Gasteiger partial charge in [-0.2, -0.15) is 12.6 Å². The first-order valence-corrected chi connectivity index (χ1v) is 11.8. The van der Waals surface area contributed by atoms with Gasteiger partial charge in [0.2, 0.25) is 0 Å². The van der Waals surface area contributed by atoms with Gasteiger partial charge in [-0.05, 0) is 54.6 Å². The Morgan fingerprint density at radius 2 is 1.47 bits per heavy atom. The molecule has 0 heterocycles. The van der Waals surface area contributed by atoms with Gasteiger partial charge in [-0.25, -0.2) is 8.42 Å². The average molecular weight is 513 g/mol. The third kappa shape index (κ3) is 7.76. The van der Waals surface area contributed by atoms with Gasteiger partial charge in [0.05, 0.1) is 21.9 Å². The quantitative estimate of drug-likeness (QED) is 0.345. The molecular weight excluding hydrogens is 495 g/mol. The zero-order chi connectivity index (χ0) is 23.7. The summed E-state index contributed by atoms with van der Waals surface area (Å²) in [5.74, 6) is -1.45. The predicted octanol–water partition coefficient (Wildman–Crippen LogP) is 5.05. The number of hydrogen-bond acceptors (Lipinski definition) is 5. The number of hydrogen-bond donors (Lipinski definition) is 4. The molecule has 3 aromatic carbocycles. The first kappa shape index (κ1) is 25.5. The van der Waals surface area contributed by atoms with Crippen molar-refractivity contribution in [3.63, 3.8) is 0 Å². The molecule has 0 unspecified atom stereocenters. The minimum atomic E-state index is -3.90. The van der Waals surface area contributed by atoms with E-state index in [-0.39, 0.29) is 21.9 Å². The van der Waals surface area contributed by atoms with Crippen LogP contribution in [0.5, 0.6) is 0 Å². The number of carbonyl (C=O) groups excluding carboxylic acids is 1. The number of anilines is 2. The Morgan fingerprint density at radius 3 is 2.03 bits per heavy atom. The lowest BCUT2D eigenvalue weighted by atomic mass is 10.1. The van der Waals surface area contributed by atoms with Gasteiger partial charge in [0.15, 0.2) is 0 Å². The third-order valence-electron chi connectivity index (χ3n) is 3.76. The Balaban J connectivity index is 0.000000654. The van der Waals surface area contributed by atoms with Crippen LogP contribution >= 0.6 is 35.8 Å². The monoisotopic (exact) mass is 512 g/mol. The third-order valence-corrected chi connectivity index (χ3v) is 5.90. The summed E-state index contributed by atoms with van der Waals surface area (Å²) in [4.78, 5) is 21.9. The maximum Gasteiger partial charge on any atom is 0.313 e. The van der Waals surface area contributed by atoms with Gasteiger partial charge in [0.25, 0.3) is 15.9 Å². The van der Waals surface area contributed by atoms with Gasteiger partial charge in [0.1, 0.15) is 0 Å². The van der Waals surface area contributed by atoms with Crippen LogP contribution in [0.2, 0.25) is 10.0 Å². The van der Waals surface area contributed by atoms with Crippen LogP contribution in [0.15, 0.2) is 77.7 Å². The molecule has 0 atom stereocenters. The second-order valence-electron chi connectivity index (χ2n) is 6.12. The summed E-state index contributed by atoms with van der Waals surface area (Å²) in [5, 5.41) is 11.1. The van der Waals surface area contributed by atoms with E-state index in [1.165, 1.54) is 42.5 Å². The van der Waals surface area contributed by atoms with Gasteiger partial charge < -0.3 is 10.4 Å². The van der Waals surface area contributed by atoms with Crippen molar-refractivity contribution in [1.82, 2.24) is 0 Å². The minimum Gasteiger partial charge on any atom is -0.481 e. The molecule has 0 aliphatic rings. The van der Waals surface area contributed by atoms with E-state index < -0.39 is 21.9 Å². The van der Waals surface area contributed by atoms with Gasteiger partial charge in [-0.3, -0.25) is 14.3 Å². The highest BCUT2D eigenvalue weighted by molar-refractivity contribution is 7.92. The largest absolute Gasteiger partial charge is 0.481 e. The summed E-state index contributed by atoms with van der Waals surface area (Å²) in [6.07, 6.45) is 0. The first-order valence-electron chi connectivity index (χ1n) is 8.89. The molecule has 0 spiro atoms. The number of amides is 1. The fourth-order valence-electron chi connectivity index (χ4n) is 2.33. The zero-order valence-corrected chi connectivity index (χ0v) is 19.5. The van der Waals surface area contributed by atoms with Crippen molar-refractivity contribution in [3.05, 3.63) is 88.4 Å². The number of benzene rings is 3. The van der Waals surface area contributed by atoms with Crippen LogP contribution in [0.25, 0.3) is 0 Å². The summed E-state index contributed by atoms with van der Waals surface area (Å²) in [5.41, 5.74) is 0.792. The molecule has 3 aromatic rings. The van der Waals surface area contributed by atoms with Crippen LogP contribution in [0, 0.1) is 0 Å². The molecule has 168 valence electrons. The summed E-state index contributed by atoms with van der Waals surface area (Å²) in [6, 6.07) is 18.9. The second kappa shape index (κ2) is 11.8. The van der Waals surface area contributed by atoms with Crippen LogP contribution < -0.4 is 10.0 Å².